The van der Waals surface area contributed by atoms with E-state index < -0.39 is 11.9 Å². The lowest BCUT2D eigenvalue weighted by Crippen LogP contribution is -2.17. The minimum absolute atomic E-state index is 0.496. The molecule has 2 N–H and O–H groups in total. The monoisotopic (exact) mass is 448 g/mol. The zero-order valence-corrected chi connectivity index (χ0v) is 18.2. The number of benzene rings is 2. The van der Waals surface area contributed by atoms with E-state index in [4.69, 9.17) is 41.0 Å². The van der Waals surface area contributed by atoms with Crippen LogP contribution >= 0.6 is 11.6 Å². The molecule has 9 heteroatoms. The number of allylic oxidation sites excluding steroid dienone is 1. The van der Waals surface area contributed by atoms with E-state index >= 15 is 0 Å². The quantitative estimate of drug-likeness (QED) is 0.275. The molecule has 2 aromatic carbocycles. The molecule has 0 unspecified atom stereocenters. The van der Waals surface area contributed by atoms with E-state index in [0.717, 1.165) is 23.4 Å². The number of carbonyl (C=O) groups is 2. The third kappa shape index (κ3) is 10.3. The van der Waals surface area contributed by atoms with E-state index in [2.05, 4.69) is 5.16 Å². The maximum absolute atomic E-state index is 9.10. The van der Waals surface area contributed by atoms with Gasteiger partial charge in [0.1, 0.15) is 18.1 Å². The van der Waals surface area contributed by atoms with Crippen molar-refractivity contribution in [3.8, 4) is 5.75 Å². The predicted octanol–water partition coefficient (Wildman–Crippen LogP) is 3.41. The van der Waals surface area contributed by atoms with E-state index in [9.17, 15) is 0 Å². The van der Waals surface area contributed by atoms with Crippen LogP contribution in [0.15, 0.2) is 64.8 Å². The second-order valence-electron chi connectivity index (χ2n) is 6.32. The zero-order chi connectivity index (χ0) is 23.2. The van der Waals surface area contributed by atoms with Gasteiger partial charge in [-0.15, -0.1) is 0 Å². The fourth-order valence-electron chi connectivity index (χ4n) is 2.08. The van der Waals surface area contributed by atoms with Crippen molar-refractivity contribution in [1.29, 1.82) is 0 Å². The lowest BCUT2D eigenvalue weighted by Gasteiger charge is -2.09. The molecule has 2 rings (SSSR count). The van der Waals surface area contributed by atoms with Crippen molar-refractivity contribution in [3.63, 3.8) is 0 Å². The van der Waals surface area contributed by atoms with Crippen molar-refractivity contribution >= 4 is 35.3 Å². The standard InChI is InChI=1S/C20H23ClN2O2.C2H2O4/c1-23(2)13-14-25-22-20(17-7-5-4-6-8-17)19(21)15-16-9-11-18(24-3)12-10-16;3-1(4)2(5)6/h4-12,15H,13-14H2,1-3H3;(H,3,4)(H,5,6). The molecule has 0 aliphatic rings. The molecule has 0 aromatic heterocycles. The second kappa shape index (κ2) is 13.8. The number of hydrogen-bond donors (Lipinski definition) is 2. The molecule has 8 nitrogen and oxygen atoms in total. The fourth-order valence-corrected chi connectivity index (χ4v) is 2.35. The first-order valence-electron chi connectivity index (χ1n) is 9.12. The smallest absolute Gasteiger partial charge is 0.414 e. The van der Waals surface area contributed by atoms with Gasteiger partial charge in [0.05, 0.1) is 12.1 Å². The summed E-state index contributed by atoms with van der Waals surface area (Å²) in [6.45, 7) is 1.28. The van der Waals surface area contributed by atoms with Gasteiger partial charge < -0.3 is 24.7 Å². The van der Waals surface area contributed by atoms with Gasteiger partial charge in [0.15, 0.2) is 0 Å². The largest absolute Gasteiger partial charge is 0.497 e. The summed E-state index contributed by atoms with van der Waals surface area (Å²) in [5, 5.41) is 19.6. The normalized spacial score (nSPS) is 11.4. The number of halogens is 1. The molecule has 0 aliphatic carbocycles. The number of nitrogens with zero attached hydrogens (tertiary/aromatic N) is 2. The first kappa shape index (κ1) is 25.7. The van der Waals surface area contributed by atoms with E-state index in [-0.39, 0.29) is 0 Å². The molecule has 0 aliphatic heterocycles. The van der Waals surface area contributed by atoms with Crippen LogP contribution in [0.3, 0.4) is 0 Å². The molecular weight excluding hydrogens is 424 g/mol. The van der Waals surface area contributed by atoms with Gasteiger partial charge in [0.2, 0.25) is 0 Å². The Balaban J connectivity index is 0.000000703. The predicted molar refractivity (Wildman–Crippen MR) is 120 cm³/mol. The van der Waals surface area contributed by atoms with Gasteiger partial charge in [0, 0.05) is 12.1 Å². The van der Waals surface area contributed by atoms with Crippen LogP contribution in [0.2, 0.25) is 0 Å². The second-order valence-corrected chi connectivity index (χ2v) is 6.73. The number of methoxy groups -OCH3 is 1. The number of carboxylic acid groups (broad SMARTS) is 2. The number of ether oxygens (including phenoxy) is 1. The highest BCUT2D eigenvalue weighted by Gasteiger charge is 2.09. The average molecular weight is 449 g/mol. The molecule has 0 bridgehead atoms. The van der Waals surface area contributed by atoms with Crippen molar-refractivity contribution in [2.24, 2.45) is 5.16 Å². The number of carboxylic acids is 2. The van der Waals surface area contributed by atoms with Crippen molar-refractivity contribution in [2.45, 2.75) is 0 Å². The minimum atomic E-state index is -1.82. The van der Waals surface area contributed by atoms with Crippen molar-refractivity contribution in [2.75, 3.05) is 34.4 Å². The number of rotatable bonds is 8. The summed E-state index contributed by atoms with van der Waals surface area (Å²) in [5.41, 5.74) is 2.47. The van der Waals surface area contributed by atoms with Crippen LogP contribution < -0.4 is 4.74 Å². The highest BCUT2D eigenvalue weighted by atomic mass is 35.5. The Bertz CT molecular complexity index is 884. The molecule has 2 aromatic rings. The molecule has 0 fully saturated rings. The molecule has 0 saturated carbocycles. The molecule has 31 heavy (non-hydrogen) atoms. The summed E-state index contributed by atoms with van der Waals surface area (Å²) in [7, 11) is 5.62. The van der Waals surface area contributed by atoms with Gasteiger partial charge in [-0.1, -0.05) is 59.2 Å². The highest BCUT2D eigenvalue weighted by Crippen LogP contribution is 2.19. The van der Waals surface area contributed by atoms with Crippen LogP contribution in [-0.2, 0) is 14.4 Å². The van der Waals surface area contributed by atoms with Crippen LogP contribution in [0, 0.1) is 0 Å². The van der Waals surface area contributed by atoms with Crippen molar-refractivity contribution < 1.29 is 29.4 Å². The Hall–Kier alpha value is -3.36. The van der Waals surface area contributed by atoms with Gasteiger partial charge >= 0.3 is 11.9 Å². The van der Waals surface area contributed by atoms with Gasteiger partial charge in [-0.3, -0.25) is 0 Å². The summed E-state index contributed by atoms with van der Waals surface area (Å²) >= 11 is 6.54. The summed E-state index contributed by atoms with van der Waals surface area (Å²) in [5.74, 6) is -2.85. The van der Waals surface area contributed by atoms with Crippen LogP contribution in [0.1, 0.15) is 11.1 Å². The van der Waals surface area contributed by atoms with Crippen molar-refractivity contribution in [3.05, 3.63) is 70.8 Å². The Kier molecular flexibility index (Phi) is 11.4. The van der Waals surface area contributed by atoms with Crippen LogP contribution in [0.5, 0.6) is 5.75 Å². The van der Waals surface area contributed by atoms with Crippen LogP contribution in [-0.4, -0.2) is 67.1 Å². The number of aliphatic carboxylic acids is 2. The molecule has 166 valence electrons. The zero-order valence-electron chi connectivity index (χ0n) is 17.5. The number of likely N-dealkylation sites (N-methyl/N-ethyl adjacent to an activating group) is 1. The first-order valence-corrected chi connectivity index (χ1v) is 9.50. The third-order valence-electron chi connectivity index (χ3n) is 3.65. The molecular formula is C22H25ClN2O6. The average Bonchev–Trinajstić information content (AvgIpc) is 2.75. The maximum Gasteiger partial charge on any atom is 0.414 e. The van der Waals surface area contributed by atoms with Gasteiger partial charge in [-0.25, -0.2) is 9.59 Å². The maximum atomic E-state index is 9.10. The van der Waals surface area contributed by atoms with Crippen LogP contribution in [0.4, 0.5) is 0 Å². The number of hydrogen-bond acceptors (Lipinski definition) is 6. The lowest BCUT2D eigenvalue weighted by molar-refractivity contribution is -0.159. The number of oxime groups is 1. The highest BCUT2D eigenvalue weighted by molar-refractivity contribution is 6.48. The Morgan fingerprint density at radius 1 is 1.03 bits per heavy atom. The van der Waals surface area contributed by atoms with E-state index in [1.807, 2.05) is 79.7 Å². The van der Waals surface area contributed by atoms with E-state index in [1.165, 1.54) is 0 Å². The van der Waals surface area contributed by atoms with Gasteiger partial charge in [-0.05, 0) is 37.9 Å². The molecule has 0 radical (unpaired) electrons. The van der Waals surface area contributed by atoms with E-state index in [0.29, 0.717) is 17.4 Å². The summed E-state index contributed by atoms with van der Waals surface area (Å²) in [6.07, 6.45) is 1.86. The molecule has 0 atom stereocenters. The fraction of sp³-hybridized carbons (Fsp3) is 0.227. The van der Waals surface area contributed by atoms with Gasteiger partial charge in [0.25, 0.3) is 0 Å². The third-order valence-corrected chi connectivity index (χ3v) is 3.94. The summed E-state index contributed by atoms with van der Waals surface area (Å²) < 4.78 is 5.17. The molecule has 0 saturated heterocycles. The molecule has 0 heterocycles. The van der Waals surface area contributed by atoms with E-state index in [1.54, 1.807) is 7.11 Å². The summed E-state index contributed by atoms with van der Waals surface area (Å²) in [6, 6.07) is 17.4. The topological polar surface area (TPSA) is 109 Å². The SMILES string of the molecule is COc1ccc(C=C(Cl)C(=NOCCN(C)C)c2ccccc2)cc1.O=C(O)C(=O)O. The van der Waals surface area contributed by atoms with Crippen molar-refractivity contribution in [1.82, 2.24) is 4.90 Å². The Morgan fingerprint density at radius 2 is 1.61 bits per heavy atom. The van der Waals surface area contributed by atoms with Crippen LogP contribution in [0.25, 0.3) is 6.08 Å². The molecule has 0 spiro atoms. The summed E-state index contributed by atoms with van der Waals surface area (Å²) in [4.78, 5) is 25.7. The Labute approximate surface area is 186 Å². The Morgan fingerprint density at radius 3 is 2.10 bits per heavy atom. The lowest BCUT2D eigenvalue weighted by atomic mass is 10.1. The molecule has 0 amide bonds. The minimum Gasteiger partial charge on any atom is -0.497 e. The van der Waals surface area contributed by atoms with Gasteiger partial charge in [-0.2, -0.15) is 0 Å². The first-order chi connectivity index (χ1) is 14.7.